The van der Waals surface area contributed by atoms with E-state index in [0.29, 0.717) is 11.2 Å². The Hall–Kier alpha value is -3.51. The molecule has 0 aliphatic heterocycles. The molecule has 0 radical (unpaired) electrons. The summed E-state index contributed by atoms with van der Waals surface area (Å²) in [4.78, 5) is 12.8. The van der Waals surface area contributed by atoms with Crippen LogP contribution in [0.1, 0.15) is 22.5 Å². The van der Waals surface area contributed by atoms with Gasteiger partial charge in [0.25, 0.3) is 0 Å². The van der Waals surface area contributed by atoms with Crippen LogP contribution in [0.15, 0.2) is 78.9 Å². The fraction of sp³-hybridized carbons (Fsp3) is 0.160. The molecule has 0 saturated carbocycles. The number of para-hydroxylation sites is 1. The van der Waals surface area contributed by atoms with Gasteiger partial charge in [-0.15, -0.1) is 0 Å². The zero-order chi connectivity index (χ0) is 21.8. The molecule has 4 rings (SSSR count). The van der Waals surface area contributed by atoms with Crippen LogP contribution in [0.3, 0.4) is 0 Å². The van der Waals surface area contributed by atoms with Crippen molar-refractivity contribution in [3.63, 3.8) is 0 Å². The number of carbonyl (C=O) groups is 1. The minimum absolute atomic E-state index is 0.0494. The molecule has 6 heteroatoms. The van der Waals surface area contributed by atoms with Gasteiger partial charge in [-0.1, -0.05) is 66.2 Å². The van der Waals surface area contributed by atoms with Gasteiger partial charge in [0.1, 0.15) is 12.4 Å². The van der Waals surface area contributed by atoms with E-state index in [-0.39, 0.29) is 12.5 Å². The largest absolute Gasteiger partial charge is 0.324 e. The predicted octanol–water partition coefficient (Wildman–Crippen LogP) is 5.25. The van der Waals surface area contributed by atoms with Crippen LogP contribution in [0.4, 0.5) is 5.69 Å². The number of amides is 1. The Bertz CT molecular complexity index is 1260. The lowest BCUT2D eigenvalue weighted by atomic mass is 10.1. The molecule has 0 saturated heterocycles. The third-order valence-electron chi connectivity index (χ3n) is 5.08. The molecule has 5 nitrogen and oxygen atoms in total. The van der Waals surface area contributed by atoms with Crippen molar-refractivity contribution in [1.82, 2.24) is 14.3 Å². The highest BCUT2D eigenvalue weighted by Crippen LogP contribution is 2.18. The monoisotopic (exact) mass is 428 g/mol. The van der Waals surface area contributed by atoms with Gasteiger partial charge in [-0.05, 0) is 55.4 Å². The Morgan fingerprint density at radius 2 is 1.65 bits per heavy atom. The van der Waals surface area contributed by atoms with Gasteiger partial charge in [-0.3, -0.25) is 9.36 Å². The average Bonchev–Trinajstić information content (AvgIpc) is 3.06. The van der Waals surface area contributed by atoms with Crippen LogP contribution in [0.2, 0.25) is 0 Å². The zero-order valence-corrected chi connectivity index (χ0v) is 18.4. The maximum Gasteiger partial charge on any atom is 0.246 e. The Morgan fingerprint density at radius 3 is 2.32 bits per heavy atom. The second-order valence-corrected chi connectivity index (χ2v) is 7.92. The highest BCUT2D eigenvalue weighted by atomic mass is 32.1. The van der Waals surface area contributed by atoms with Crippen molar-refractivity contribution in [2.45, 2.75) is 26.8 Å². The zero-order valence-electron chi connectivity index (χ0n) is 17.6. The summed E-state index contributed by atoms with van der Waals surface area (Å²) in [7, 11) is 0. The molecule has 0 aliphatic rings. The van der Waals surface area contributed by atoms with Crippen molar-refractivity contribution in [2.75, 3.05) is 5.32 Å². The predicted molar refractivity (Wildman–Crippen MR) is 126 cm³/mol. The number of nitrogens with zero attached hydrogens (tertiary/aromatic N) is 3. The summed E-state index contributed by atoms with van der Waals surface area (Å²) in [6.45, 7) is 4.06. The van der Waals surface area contributed by atoms with Crippen molar-refractivity contribution in [1.29, 1.82) is 0 Å². The first-order valence-electron chi connectivity index (χ1n) is 10.2. The first-order valence-corrected chi connectivity index (χ1v) is 10.6. The second kappa shape index (κ2) is 9.10. The van der Waals surface area contributed by atoms with Gasteiger partial charge >= 0.3 is 0 Å². The van der Waals surface area contributed by atoms with E-state index in [2.05, 4.69) is 17.4 Å². The van der Waals surface area contributed by atoms with Gasteiger partial charge in [0.05, 0.1) is 0 Å². The molecule has 1 aromatic heterocycles. The molecular formula is C25H24N4OS. The average molecular weight is 429 g/mol. The van der Waals surface area contributed by atoms with Gasteiger partial charge in [0.2, 0.25) is 10.7 Å². The molecule has 156 valence electrons. The van der Waals surface area contributed by atoms with Crippen molar-refractivity contribution >= 4 is 23.8 Å². The molecule has 0 fully saturated rings. The molecule has 0 spiro atoms. The second-order valence-electron chi connectivity index (χ2n) is 7.56. The molecule has 1 N–H and O–H groups in total. The van der Waals surface area contributed by atoms with E-state index in [1.165, 1.54) is 0 Å². The molecule has 0 bridgehead atoms. The van der Waals surface area contributed by atoms with Crippen LogP contribution in [0.25, 0.3) is 5.69 Å². The summed E-state index contributed by atoms with van der Waals surface area (Å²) in [5, 5.41) is 7.69. The summed E-state index contributed by atoms with van der Waals surface area (Å²) >= 11 is 5.72. The first kappa shape index (κ1) is 20.8. The normalized spacial score (nSPS) is 10.8. The molecule has 1 amide bonds. The number of hydrogen-bond donors (Lipinski definition) is 1. The summed E-state index contributed by atoms with van der Waals surface area (Å²) in [5.74, 6) is 0.633. The summed E-state index contributed by atoms with van der Waals surface area (Å²) < 4.78 is 4.03. The standard InChI is InChI=1S/C25H24N4OS/c1-18-13-14-22(19(2)15-18)26-24(30)17-28-25(31)29(21-11-7-4-8-12-21)23(27-28)16-20-9-5-3-6-10-20/h3-15H,16-17H2,1-2H3,(H,26,30). The van der Waals surface area contributed by atoms with E-state index in [9.17, 15) is 4.79 Å². The smallest absolute Gasteiger partial charge is 0.246 e. The van der Waals surface area contributed by atoms with E-state index in [0.717, 1.165) is 33.9 Å². The fourth-order valence-corrected chi connectivity index (χ4v) is 3.88. The summed E-state index contributed by atoms with van der Waals surface area (Å²) in [6, 6.07) is 25.9. The number of rotatable bonds is 6. The molecule has 31 heavy (non-hydrogen) atoms. The van der Waals surface area contributed by atoms with Gasteiger partial charge in [0.15, 0.2) is 0 Å². The van der Waals surface area contributed by atoms with Crippen LogP contribution in [0, 0.1) is 18.6 Å². The van der Waals surface area contributed by atoms with Crippen LogP contribution < -0.4 is 5.32 Å². The highest BCUT2D eigenvalue weighted by Gasteiger charge is 2.15. The maximum atomic E-state index is 12.8. The van der Waals surface area contributed by atoms with Crippen molar-refractivity contribution < 1.29 is 4.79 Å². The molecule has 0 aliphatic carbocycles. The molecule has 0 unspecified atom stereocenters. The van der Waals surface area contributed by atoms with E-state index in [4.69, 9.17) is 17.3 Å². The number of nitrogens with one attached hydrogen (secondary N) is 1. The number of anilines is 1. The highest BCUT2D eigenvalue weighted by molar-refractivity contribution is 7.71. The van der Waals surface area contributed by atoms with Gasteiger partial charge in [0, 0.05) is 17.8 Å². The first-order chi connectivity index (χ1) is 15.0. The molecule has 3 aromatic carbocycles. The summed E-state index contributed by atoms with van der Waals surface area (Å²) in [5.41, 5.74) is 5.04. The molecule has 1 heterocycles. The minimum atomic E-state index is -0.160. The van der Waals surface area contributed by atoms with Gasteiger partial charge < -0.3 is 5.32 Å². The summed E-state index contributed by atoms with van der Waals surface area (Å²) in [6.07, 6.45) is 0.616. The lowest BCUT2D eigenvalue weighted by Gasteiger charge is -2.09. The minimum Gasteiger partial charge on any atom is -0.324 e. The lowest BCUT2D eigenvalue weighted by molar-refractivity contribution is -0.116. The fourth-order valence-electron chi connectivity index (χ4n) is 3.56. The van der Waals surface area contributed by atoms with E-state index >= 15 is 0 Å². The van der Waals surface area contributed by atoms with Crippen molar-refractivity contribution in [3.8, 4) is 5.69 Å². The third-order valence-corrected chi connectivity index (χ3v) is 5.47. The number of aromatic nitrogens is 3. The molecular weight excluding hydrogens is 404 g/mol. The van der Waals surface area contributed by atoms with Crippen molar-refractivity contribution in [3.05, 3.63) is 106 Å². The van der Waals surface area contributed by atoms with Crippen LogP contribution in [-0.2, 0) is 17.8 Å². The van der Waals surface area contributed by atoms with E-state index < -0.39 is 0 Å². The Morgan fingerprint density at radius 1 is 0.968 bits per heavy atom. The Kier molecular flexibility index (Phi) is 6.09. The number of hydrogen-bond acceptors (Lipinski definition) is 3. The molecule has 0 atom stereocenters. The quantitative estimate of drug-likeness (QED) is 0.427. The van der Waals surface area contributed by atoms with Gasteiger partial charge in [-0.25, -0.2) is 4.68 Å². The molecule has 4 aromatic rings. The number of carbonyl (C=O) groups excluding carboxylic acids is 1. The Labute approximate surface area is 187 Å². The Balaban J connectivity index is 1.65. The van der Waals surface area contributed by atoms with E-state index in [1.807, 2.05) is 85.1 Å². The lowest BCUT2D eigenvalue weighted by Crippen LogP contribution is -2.20. The third kappa shape index (κ3) is 4.81. The number of benzene rings is 3. The van der Waals surface area contributed by atoms with Crippen LogP contribution >= 0.6 is 12.2 Å². The van der Waals surface area contributed by atoms with Crippen LogP contribution in [-0.4, -0.2) is 20.3 Å². The van der Waals surface area contributed by atoms with Gasteiger partial charge in [-0.2, -0.15) is 5.10 Å². The van der Waals surface area contributed by atoms with Crippen LogP contribution in [0.5, 0.6) is 0 Å². The topological polar surface area (TPSA) is 51.9 Å². The number of aryl methyl sites for hydroxylation is 2. The van der Waals surface area contributed by atoms with E-state index in [1.54, 1.807) is 4.68 Å². The van der Waals surface area contributed by atoms with Crippen molar-refractivity contribution in [2.24, 2.45) is 0 Å². The maximum absolute atomic E-state index is 12.8. The SMILES string of the molecule is Cc1ccc(NC(=O)Cn2nc(Cc3ccccc3)n(-c3ccccc3)c2=S)c(C)c1.